The highest BCUT2D eigenvalue weighted by Gasteiger charge is 2.02. The molecule has 0 spiro atoms. The van der Waals surface area contributed by atoms with E-state index in [1.165, 1.54) is 12.5 Å². The summed E-state index contributed by atoms with van der Waals surface area (Å²) in [4.78, 5) is 0. The highest BCUT2D eigenvalue weighted by atomic mass is 16.3. The summed E-state index contributed by atoms with van der Waals surface area (Å²) in [6.45, 7) is 0. The van der Waals surface area contributed by atoms with E-state index in [0.29, 0.717) is 12.8 Å². The Morgan fingerprint density at radius 2 is 1.55 bits per heavy atom. The average molecular weight is 146 g/mol. The standard InChI is InChI=1S/C8H6N2O/c9-3-1-7-5-11-6-8(7)2-4-10/h5-6H,1-2H2. The molecular formula is C8H6N2O. The maximum absolute atomic E-state index is 8.36. The summed E-state index contributed by atoms with van der Waals surface area (Å²) in [5.74, 6) is 0. The first-order chi connectivity index (χ1) is 5.38. The van der Waals surface area contributed by atoms with Crippen molar-refractivity contribution in [3.05, 3.63) is 23.7 Å². The van der Waals surface area contributed by atoms with Crippen molar-refractivity contribution in [3.8, 4) is 12.1 Å². The first-order valence-electron chi connectivity index (χ1n) is 3.16. The van der Waals surface area contributed by atoms with Crippen LogP contribution in [0, 0.1) is 22.7 Å². The van der Waals surface area contributed by atoms with E-state index in [4.69, 9.17) is 14.9 Å². The van der Waals surface area contributed by atoms with Crippen LogP contribution in [0.2, 0.25) is 0 Å². The second kappa shape index (κ2) is 3.43. The molecule has 0 bridgehead atoms. The van der Waals surface area contributed by atoms with Crippen LogP contribution in [0.3, 0.4) is 0 Å². The molecule has 3 nitrogen and oxygen atoms in total. The number of rotatable bonds is 2. The van der Waals surface area contributed by atoms with Crippen LogP contribution in [-0.2, 0) is 12.8 Å². The zero-order valence-corrected chi connectivity index (χ0v) is 5.87. The summed E-state index contributed by atoms with van der Waals surface area (Å²) in [7, 11) is 0. The van der Waals surface area contributed by atoms with E-state index in [1.807, 2.05) is 12.1 Å². The zero-order chi connectivity index (χ0) is 8.10. The van der Waals surface area contributed by atoms with Crippen molar-refractivity contribution in [1.82, 2.24) is 0 Å². The molecule has 1 rings (SSSR count). The normalized spacial score (nSPS) is 8.55. The van der Waals surface area contributed by atoms with Crippen molar-refractivity contribution in [1.29, 1.82) is 10.5 Å². The third kappa shape index (κ3) is 1.59. The molecule has 0 amide bonds. The molecule has 0 aliphatic heterocycles. The molecule has 0 saturated carbocycles. The van der Waals surface area contributed by atoms with Gasteiger partial charge < -0.3 is 4.42 Å². The first kappa shape index (κ1) is 7.37. The lowest BCUT2D eigenvalue weighted by atomic mass is 10.1. The Hall–Kier alpha value is -1.74. The summed E-state index contributed by atoms with van der Waals surface area (Å²) in [5, 5.41) is 16.7. The van der Waals surface area contributed by atoms with Gasteiger partial charge in [-0.3, -0.25) is 0 Å². The summed E-state index contributed by atoms with van der Waals surface area (Å²) in [5.41, 5.74) is 1.63. The van der Waals surface area contributed by atoms with Crippen LogP contribution in [0.15, 0.2) is 16.9 Å². The molecular weight excluding hydrogens is 140 g/mol. The van der Waals surface area contributed by atoms with Gasteiger partial charge in [0.05, 0.1) is 37.5 Å². The van der Waals surface area contributed by atoms with Gasteiger partial charge in [0, 0.05) is 11.1 Å². The Bertz CT molecular complexity index is 283. The molecule has 1 aromatic rings. The van der Waals surface area contributed by atoms with Crippen LogP contribution < -0.4 is 0 Å². The Morgan fingerprint density at radius 3 is 1.91 bits per heavy atom. The van der Waals surface area contributed by atoms with E-state index >= 15 is 0 Å². The number of hydrogen-bond acceptors (Lipinski definition) is 3. The van der Waals surface area contributed by atoms with Gasteiger partial charge in [-0.1, -0.05) is 0 Å². The smallest absolute Gasteiger partial charge is 0.0948 e. The van der Waals surface area contributed by atoms with Gasteiger partial charge in [-0.05, 0) is 0 Å². The first-order valence-corrected chi connectivity index (χ1v) is 3.16. The van der Waals surface area contributed by atoms with Crippen molar-refractivity contribution in [2.45, 2.75) is 12.8 Å². The van der Waals surface area contributed by atoms with E-state index in [-0.39, 0.29) is 0 Å². The van der Waals surface area contributed by atoms with Crippen LogP contribution in [-0.4, -0.2) is 0 Å². The van der Waals surface area contributed by atoms with E-state index < -0.39 is 0 Å². The van der Waals surface area contributed by atoms with Crippen molar-refractivity contribution >= 4 is 0 Å². The second-order valence-corrected chi connectivity index (χ2v) is 2.09. The number of nitrogens with zero attached hydrogens (tertiary/aromatic N) is 2. The molecule has 0 unspecified atom stereocenters. The molecule has 0 fully saturated rings. The topological polar surface area (TPSA) is 60.7 Å². The van der Waals surface area contributed by atoms with Crippen LogP contribution in [0.1, 0.15) is 11.1 Å². The Kier molecular flexibility index (Phi) is 2.30. The fraction of sp³-hybridized carbons (Fsp3) is 0.250. The lowest BCUT2D eigenvalue weighted by Gasteiger charge is -1.88. The minimum absolute atomic E-state index is 0.313. The van der Waals surface area contributed by atoms with Crippen LogP contribution >= 0.6 is 0 Å². The molecule has 11 heavy (non-hydrogen) atoms. The maximum atomic E-state index is 8.36. The van der Waals surface area contributed by atoms with Crippen LogP contribution in [0.5, 0.6) is 0 Å². The van der Waals surface area contributed by atoms with E-state index in [9.17, 15) is 0 Å². The molecule has 0 atom stereocenters. The molecule has 0 aliphatic carbocycles. The Balaban J connectivity index is 2.82. The Labute approximate surface area is 64.5 Å². The van der Waals surface area contributed by atoms with E-state index in [0.717, 1.165) is 11.1 Å². The molecule has 1 aromatic heterocycles. The van der Waals surface area contributed by atoms with E-state index in [1.54, 1.807) is 0 Å². The fourth-order valence-corrected chi connectivity index (χ4v) is 0.830. The summed E-state index contributed by atoms with van der Waals surface area (Å²) >= 11 is 0. The predicted octanol–water partition coefficient (Wildman–Crippen LogP) is 1.41. The van der Waals surface area contributed by atoms with Crippen LogP contribution in [0.4, 0.5) is 0 Å². The molecule has 54 valence electrons. The SMILES string of the molecule is N#CCc1cocc1CC#N. The van der Waals surface area contributed by atoms with Gasteiger partial charge in [0.1, 0.15) is 0 Å². The molecule has 0 radical (unpaired) electrons. The minimum Gasteiger partial charge on any atom is -0.472 e. The molecule has 0 saturated heterocycles. The van der Waals surface area contributed by atoms with Crippen molar-refractivity contribution in [2.75, 3.05) is 0 Å². The van der Waals surface area contributed by atoms with Gasteiger partial charge in [0.25, 0.3) is 0 Å². The number of nitriles is 2. The van der Waals surface area contributed by atoms with Crippen molar-refractivity contribution < 1.29 is 4.42 Å². The largest absolute Gasteiger partial charge is 0.472 e. The summed E-state index contributed by atoms with van der Waals surface area (Å²) in [6, 6.07) is 4.00. The van der Waals surface area contributed by atoms with Gasteiger partial charge in [-0.2, -0.15) is 10.5 Å². The number of hydrogen-bond donors (Lipinski definition) is 0. The monoisotopic (exact) mass is 146 g/mol. The third-order valence-corrected chi connectivity index (χ3v) is 1.37. The van der Waals surface area contributed by atoms with Gasteiger partial charge >= 0.3 is 0 Å². The summed E-state index contributed by atoms with van der Waals surface area (Å²) < 4.78 is 4.85. The highest BCUT2D eigenvalue weighted by molar-refractivity contribution is 5.26. The van der Waals surface area contributed by atoms with Crippen molar-refractivity contribution in [2.24, 2.45) is 0 Å². The lowest BCUT2D eigenvalue weighted by molar-refractivity contribution is 0.563. The third-order valence-electron chi connectivity index (χ3n) is 1.37. The zero-order valence-electron chi connectivity index (χ0n) is 5.87. The molecule has 0 aliphatic rings. The number of furan rings is 1. The predicted molar refractivity (Wildman–Crippen MR) is 37.3 cm³/mol. The molecule has 3 heteroatoms. The van der Waals surface area contributed by atoms with Crippen molar-refractivity contribution in [3.63, 3.8) is 0 Å². The fourth-order valence-electron chi connectivity index (χ4n) is 0.830. The van der Waals surface area contributed by atoms with Crippen LogP contribution in [0.25, 0.3) is 0 Å². The summed E-state index contributed by atoms with van der Waals surface area (Å²) in [6.07, 6.45) is 3.65. The second-order valence-electron chi connectivity index (χ2n) is 2.09. The average Bonchev–Trinajstić information content (AvgIpc) is 2.39. The molecule has 0 N–H and O–H groups in total. The van der Waals surface area contributed by atoms with E-state index in [2.05, 4.69) is 0 Å². The molecule has 0 aromatic carbocycles. The minimum atomic E-state index is 0.313. The lowest BCUT2D eigenvalue weighted by Crippen LogP contribution is -1.85. The van der Waals surface area contributed by atoms with Gasteiger partial charge in [-0.15, -0.1) is 0 Å². The molecule has 1 heterocycles. The maximum Gasteiger partial charge on any atom is 0.0948 e. The highest BCUT2D eigenvalue weighted by Crippen LogP contribution is 2.10. The van der Waals surface area contributed by atoms with Gasteiger partial charge in [0.15, 0.2) is 0 Å². The van der Waals surface area contributed by atoms with Gasteiger partial charge in [0.2, 0.25) is 0 Å². The van der Waals surface area contributed by atoms with Gasteiger partial charge in [-0.25, -0.2) is 0 Å². The Morgan fingerprint density at radius 1 is 1.09 bits per heavy atom. The quantitative estimate of drug-likeness (QED) is 0.633.